The molecule has 0 saturated heterocycles. The van der Waals surface area contributed by atoms with E-state index in [1.807, 2.05) is 6.92 Å². The maximum atomic E-state index is 9.51. The van der Waals surface area contributed by atoms with Crippen molar-refractivity contribution >= 4 is 17.3 Å². The first-order valence-electron chi connectivity index (χ1n) is 4.38. The Morgan fingerprint density at radius 2 is 2.21 bits per heavy atom. The van der Waals surface area contributed by atoms with Crippen molar-refractivity contribution < 1.29 is 10.3 Å². The van der Waals surface area contributed by atoms with Gasteiger partial charge in [-0.15, -0.1) is 0 Å². The third-order valence-electron chi connectivity index (χ3n) is 1.88. The molecule has 0 aromatic heterocycles. The molecule has 2 N–H and O–H groups in total. The summed E-state index contributed by atoms with van der Waals surface area (Å²) < 4.78 is 0. The fourth-order valence-corrected chi connectivity index (χ4v) is 1.39. The van der Waals surface area contributed by atoms with Crippen LogP contribution in [0.1, 0.15) is 25.3 Å². The van der Waals surface area contributed by atoms with Crippen molar-refractivity contribution in [3.05, 3.63) is 28.8 Å². The van der Waals surface area contributed by atoms with E-state index in [2.05, 4.69) is 5.16 Å². The minimum Gasteiger partial charge on any atom is -0.507 e. The molecule has 1 rings (SSSR count). The van der Waals surface area contributed by atoms with Gasteiger partial charge in [0.2, 0.25) is 0 Å². The van der Waals surface area contributed by atoms with Crippen LogP contribution in [0.2, 0.25) is 5.02 Å². The number of phenols is 1. The molecule has 1 aromatic rings. The molecule has 0 radical (unpaired) electrons. The van der Waals surface area contributed by atoms with E-state index < -0.39 is 0 Å². The number of halogens is 1. The summed E-state index contributed by atoms with van der Waals surface area (Å²) in [5, 5.41) is 21.9. The van der Waals surface area contributed by atoms with Gasteiger partial charge < -0.3 is 10.3 Å². The fraction of sp³-hybridized carbons (Fsp3) is 0.300. The molecule has 0 fully saturated rings. The van der Waals surface area contributed by atoms with Crippen molar-refractivity contribution in [3.8, 4) is 5.75 Å². The van der Waals surface area contributed by atoms with Crippen LogP contribution in [0.4, 0.5) is 0 Å². The Kier molecular flexibility index (Phi) is 3.77. The molecule has 1 aromatic carbocycles. The SMILES string of the molecule is CCCC(=NO)c1cc(Cl)ccc1O. The van der Waals surface area contributed by atoms with Crippen molar-refractivity contribution in [2.45, 2.75) is 19.8 Å². The topological polar surface area (TPSA) is 52.8 Å². The van der Waals surface area contributed by atoms with Gasteiger partial charge in [-0.2, -0.15) is 0 Å². The highest BCUT2D eigenvalue weighted by Gasteiger charge is 2.09. The molecule has 0 atom stereocenters. The molecular weight excluding hydrogens is 202 g/mol. The van der Waals surface area contributed by atoms with Crippen LogP contribution < -0.4 is 0 Å². The Hall–Kier alpha value is -1.22. The highest BCUT2D eigenvalue weighted by molar-refractivity contribution is 6.31. The van der Waals surface area contributed by atoms with Crippen LogP contribution in [0.3, 0.4) is 0 Å². The lowest BCUT2D eigenvalue weighted by Crippen LogP contribution is -2.00. The molecule has 4 heteroatoms. The first-order chi connectivity index (χ1) is 6.69. The van der Waals surface area contributed by atoms with Gasteiger partial charge in [-0.1, -0.05) is 30.1 Å². The number of phenolic OH excluding ortho intramolecular Hbond substituents is 1. The maximum absolute atomic E-state index is 9.51. The lowest BCUT2D eigenvalue weighted by Gasteiger charge is -2.05. The molecule has 14 heavy (non-hydrogen) atoms. The van der Waals surface area contributed by atoms with E-state index in [0.717, 1.165) is 6.42 Å². The second-order valence-corrected chi connectivity index (χ2v) is 3.39. The lowest BCUT2D eigenvalue weighted by molar-refractivity contribution is 0.317. The molecule has 0 unspecified atom stereocenters. The zero-order chi connectivity index (χ0) is 10.6. The van der Waals surface area contributed by atoms with E-state index >= 15 is 0 Å². The van der Waals surface area contributed by atoms with E-state index in [4.69, 9.17) is 16.8 Å². The maximum Gasteiger partial charge on any atom is 0.124 e. The van der Waals surface area contributed by atoms with Gasteiger partial charge in [0.05, 0.1) is 5.71 Å². The average molecular weight is 214 g/mol. The van der Waals surface area contributed by atoms with Crippen molar-refractivity contribution in [1.82, 2.24) is 0 Å². The third-order valence-corrected chi connectivity index (χ3v) is 2.11. The fourth-order valence-electron chi connectivity index (χ4n) is 1.21. The zero-order valence-corrected chi connectivity index (χ0v) is 8.62. The summed E-state index contributed by atoms with van der Waals surface area (Å²) in [7, 11) is 0. The van der Waals surface area contributed by atoms with E-state index in [1.165, 1.54) is 6.07 Å². The number of benzene rings is 1. The van der Waals surface area contributed by atoms with Crippen LogP contribution in [0.5, 0.6) is 5.75 Å². The van der Waals surface area contributed by atoms with E-state index in [-0.39, 0.29) is 5.75 Å². The summed E-state index contributed by atoms with van der Waals surface area (Å²) in [5.41, 5.74) is 0.939. The standard InChI is InChI=1S/C10H12ClNO2/c1-2-3-9(12-14)8-6-7(11)4-5-10(8)13/h4-6,13-14H,2-3H2,1H3. The van der Waals surface area contributed by atoms with Crippen LogP contribution >= 0.6 is 11.6 Å². The first kappa shape index (κ1) is 10.9. The van der Waals surface area contributed by atoms with E-state index in [9.17, 15) is 5.11 Å². The van der Waals surface area contributed by atoms with E-state index in [1.54, 1.807) is 12.1 Å². The van der Waals surface area contributed by atoms with Gasteiger partial charge in [0.25, 0.3) is 0 Å². The molecule has 3 nitrogen and oxygen atoms in total. The number of hydrogen-bond donors (Lipinski definition) is 2. The molecule has 0 aliphatic heterocycles. The molecular formula is C10H12ClNO2. The largest absolute Gasteiger partial charge is 0.507 e. The summed E-state index contributed by atoms with van der Waals surface area (Å²) in [5.74, 6) is 0.0793. The second-order valence-electron chi connectivity index (χ2n) is 2.96. The minimum absolute atomic E-state index is 0.0793. The van der Waals surface area contributed by atoms with Gasteiger partial charge in [-0.25, -0.2) is 0 Å². The second kappa shape index (κ2) is 4.86. The molecule has 76 valence electrons. The number of aromatic hydroxyl groups is 1. The van der Waals surface area contributed by atoms with Crippen molar-refractivity contribution in [2.24, 2.45) is 5.16 Å². The van der Waals surface area contributed by atoms with Gasteiger partial charge in [0, 0.05) is 10.6 Å². The smallest absolute Gasteiger partial charge is 0.124 e. The van der Waals surface area contributed by atoms with Crippen molar-refractivity contribution in [1.29, 1.82) is 0 Å². The summed E-state index contributed by atoms with van der Waals surface area (Å²) in [6, 6.07) is 4.65. The lowest BCUT2D eigenvalue weighted by atomic mass is 10.1. The highest BCUT2D eigenvalue weighted by Crippen LogP contribution is 2.23. The quantitative estimate of drug-likeness (QED) is 0.461. The summed E-state index contributed by atoms with van der Waals surface area (Å²) >= 11 is 5.77. The van der Waals surface area contributed by atoms with E-state index in [0.29, 0.717) is 22.7 Å². The normalized spacial score (nSPS) is 11.7. The van der Waals surface area contributed by atoms with Gasteiger partial charge in [-0.05, 0) is 24.6 Å². The Bertz CT molecular complexity index is 350. The van der Waals surface area contributed by atoms with Crippen LogP contribution in [0.25, 0.3) is 0 Å². The van der Waals surface area contributed by atoms with Crippen molar-refractivity contribution in [3.63, 3.8) is 0 Å². The predicted molar refractivity (Wildman–Crippen MR) is 56.3 cm³/mol. The van der Waals surface area contributed by atoms with Crippen LogP contribution in [0.15, 0.2) is 23.4 Å². The average Bonchev–Trinajstić information content (AvgIpc) is 2.18. The molecule has 0 bridgehead atoms. The molecule has 0 saturated carbocycles. The summed E-state index contributed by atoms with van der Waals surface area (Å²) in [6.45, 7) is 1.97. The number of rotatable bonds is 3. The Morgan fingerprint density at radius 3 is 2.79 bits per heavy atom. The number of oxime groups is 1. The van der Waals surface area contributed by atoms with Gasteiger partial charge in [-0.3, -0.25) is 0 Å². The highest BCUT2D eigenvalue weighted by atomic mass is 35.5. The monoisotopic (exact) mass is 213 g/mol. The third kappa shape index (κ3) is 2.39. The van der Waals surface area contributed by atoms with Gasteiger partial charge in [0.1, 0.15) is 5.75 Å². The van der Waals surface area contributed by atoms with Crippen LogP contribution in [0, 0.1) is 0 Å². The molecule has 0 amide bonds. The van der Waals surface area contributed by atoms with Crippen LogP contribution in [-0.2, 0) is 0 Å². The first-order valence-corrected chi connectivity index (χ1v) is 4.76. The van der Waals surface area contributed by atoms with Crippen molar-refractivity contribution in [2.75, 3.05) is 0 Å². The number of nitrogens with zero attached hydrogens (tertiary/aromatic N) is 1. The molecule has 0 spiro atoms. The number of hydrogen-bond acceptors (Lipinski definition) is 3. The molecule has 0 aliphatic carbocycles. The zero-order valence-electron chi connectivity index (χ0n) is 7.87. The molecule has 0 aliphatic rings. The predicted octanol–water partition coefficient (Wildman–Crippen LogP) is 3.02. The van der Waals surface area contributed by atoms with Crippen LogP contribution in [-0.4, -0.2) is 16.0 Å². The molecule has 0 heterocycles. The Morgan fingerprint density at radius 1 is 1.50 bits per heavy atom. The Labute approximate surface area is 87.6 Å². The van der Waals surface area contributed by atoms with Gasteiger partial charge >= 0.3 is 0 Å². The summed E-state index contributed by atoms with van der Waals surface area (Å²) in [4.78, 5) is 0. The Balaban J connectivity index is 3.09. The summed E-state index contributed by atoms with van der Waals surface area (Å²) in [6.07, 6.45) is 1.44. The minimum atomic E-state index is 0.0793. The van der Waals surface area contributed by atoms with Gasteiger partial charge in [0.15, 0.2) is 0 Å².